The number of hydrogen-bond donors (Lipinski definition) is 1. The molecule has 2 aromatic rings. The number of pyridine rings is 2. The molecule has 0 aliphatic carbocycles. The third-order valence-corrected chi connectivity index (χ3v) is 4.57. The van der Waals surface area contributed by atoms with Crippen LogP contribution >= 0.6 is 0 Å². The van der Waals surface area contributed by atoms with Gasteiger partial charge in [-0.1, -0.05) is 6.07 Å². The van der Waals surface area contributed by atoms with Gasteiger partial charge < -0.3 is 10.6 Å². The summed E-state index contributed by atoms with van der Waals surface area (Å²) in [4.78, 5) is 28.1. The van der Waals surface area contributed by atoms with E-state index in [2.05, 4.69) is 15.0 Å². The van der Waals surface area contributed by atoms with Crippen LogP contribution < -0.4 is 15.5 Å². The molecule has 2 aliphatic heterocycles. The van der Waals surface area contributed by atoms with Gasteiger partial charge in [0.15, 0.2) is 0 Å². The molecule has 1 fully saturated rings. The SMILES string of the molecule is NC(=CC1=NC(=O)N(c2ccccn2)C1)c1ccc(N2CC[C@H](F)C2)nc1. The molecule has 0 saturated carbocycles. The fourth-order valence-corrected chi connectivity index (χ4v) is 3.15. The lowest BCUT2D eigenvalue weighted by molar-refractivity contribution is 0.256. The van der Waals surface area contributed by atoms with E-state index in [4.69, 9.17) is 5.73 Å². The molecule has 0 bridgehead atoms. The van der Waals surface area contributed by atoms with Crippen LogP contribution in [0.25, 0.3) is 5.70 Å². The molecule has 1 atom stereocenters. The van der Waals surface area contributed by atoms with Crippen LogP contribution in [0.15, 0.2) is 53.8 Å². The Bertz CT molecular complexity index is 896. The van der Waals surface area contributed by atoms with Crippen molar-refractivity contribution >= 4 is 29.1 Å². The molecule has 4 rings (SSSR count). The van der Waals surface area contributed by atoms with Crippen molar-refractivity contribution in [3.05, 3.63) is 54.4 Å². The van der Waals surface area contributed by atoms with Crippen LogP contribution in [0, 0.1) is 0 Å². The lowest BCUT2D eigenvalue weighted by atomic mass is 10.1. The number of nitrogens with zero attached hydrogens (tertiary/aromatic N) is 5. The predicted molar refractivity (Wildman–Crippen MR) is 103 cm³/mol. The number of alkyl halides is 1. The van der Waals surface area contributed by atoms with Crippen molar-refractivity contribution in [1.82, 2.24) is 9.97 Å². The summed E-state index contributed by atoms with van der Waals surface area (Å²) in [5.74, 6) is 1.29. The van der Waals surface area contributed by atoms with Gasteiger partial charge in [0.2, 0.25) is 0 Å². The summed E-state index contributed by atoms with van der Waals surface area (Å²) in [5, 5.41) is 0. The van der Waals surface area contributed by atoms with Crippen LogP contribution in [0.2, 0.25) is 0 Å². The van der Waals surface area contributed by atoms with Crippen LogP contribution in [0.5, 0.6) is 0 Å². The Morgan fingerprint density at radius 1 is 1.22 bits per heavy atom. The number of nitrogens with two attached hydrogens (primary N) is 1. The summed E-state index contributed by atoms with van der Waals surface area (Å²) in [5.41, 5.74) is 7.90. The van der Waals surface area contributed by atoms with Gasteiger partial charge in [-0.25, -0.2) is 19.2 Å². The molecule has 2 N–H and O–H groups in total. The Balaban J connectivity index is 1.46. The molecule has 2 amide bonds. The van der Waals surface area contributed by atoms with Gasteiger partial charge in [-0.15, -0.1) is 0 Å². The van der Waals surface area contributed by atoms with E-state index in [-0.39, 0.29) is 6.03 Å². The number of rotatable bonds is 4. The van der Waals surface area contributed by atoms with Crippen molar-refractivity contribution in [1.29, 1.82) is 0 Å². The predicted octanol–water partition coefficient (Wildman–Crippen LogP) is 2.41. The highest BCUT2D eigenvalue weighted by Crippen LogP contribution is 2.21. The minimum atomic E-state index is -0.795. The number of amides is 2. The molecule has 0 radical (unpaired) electrons. The minimum Gasteiger partial charge on any atom is -0.398 e. The van der Waals surface area contributed by atoms with Crippen molar-refractivity contribution in [3.63, 3.8) is 0 Å². The zero-order valence-corrected chi connectivity index (χ0v) is 14.6. The van der Waals surface area contributed by atoms with Gasteiger partial charge in [0.1, 0.15) is 17.8 Å². The third kappa shape index (κ3) is 3.64. The normalized spacial score (nSPS) is 20.3. The second-order valence-corrected chi connectivity index (χ2v) is 6.50. The third-order valence-electron chi connectivity index (χ3n) is 4.57. The average Bonchev–Trinajstić information content (AvgIpc) is 3.28. The number of aliphatic imine (C=N–C) groups is 1. The topological polar surface area (TPSA) is 87.7 Å². The summed E-state index contributed by atoms with van der Waals surface area (Å²) in [6.07, 6.45) is 4.69. The molecule has 2 aromatic heterocycles. The highest BCUT2D eigenvalue weighted by atomic mass is 19.1. The Kier molecular flexibility index (Phi) is 4.53. The molecule has 4 heterocycles. The highest BCUT2D eigenvalue weighted by molar-refractivity contribution is 6.17. The summed E-state index contributed by atoms with van der Waals surface area (Å²) in [6, 6.07) is 8.67. The van der Waals surface area contributed by atoms with Crippen LogP contribution in [0.4, 0.5) is 20.8 Å². The zero-order chi connectivity index (χ0) is 18.8. The molecule has 0 aromatic carbocycles. The first kappa shape index (κ1) is 17.1. The largest absolute Gasteiger partial charge is 0.398 e. The van der Waals surface area contributed by atoms with Crippen LogP contribution in [-0.2, 0) is 0 Å². The number of carbonyl (C=O) groups excluding carboxylic acids is 1. The Labute approximate surface area is 156 Å². The Morgan fingerprint density at radius 3 is 2.78 bits per heavy atom. The first-order valence-corrected chi connectivity index (χ1v) is 8.73. The fraction of sp³-hybridized carbons (Fsp3) is 0.263. The Morgan fingerprint density at radius 2 is 2.11 bits per heavy atom. The molecule has 8 heteroatoms. The molecular formula is C19H19FN6O. The van der Waals surface area contributed by atoms with Crippen molar-refractivity contribution in [2.75, 3.05) is 29.4 Å². The second-order valence-electron chi connectivity index (χ2n) is 6.50. The lowest BCUT2D eigenvalue weighted by Crippen LogP contribution is -2.26. The number of halogens is 1. The van der Waals surface area contributed by atoms with E-state index in [1.165, 1.54) is 4.90 Å². The van der Waals surface area contributed by atoms with Crippen LogP contribution in [0.3, 0.4) is 0 Å². The smallest absolute Gasteiger partial charge is 0.349 e. The van der Waals surface area contributed by atoms with E-state index < -0.39 is 6.17 Å². The molecule has 0 unspecified atom stereocenters. The van der Waals surface area contributed by atoms with Gasteiger partial charge in [-0.2, -0.15) is 4.99 Å². The maximum absolute atomic E-state index is 13.3. The molecule has 7 nitrogen and oxygen atoms in total. The number of aromatic nitrogens is 2. The van der Waals surface area contributed by atoms with E-state index in [1.54, 1.807) is 30.6 Å². The maximum Gasteiger partial charge on any atom is 0.349 e. The highest BCUT2D eigenvalue weighted by Gasteiger charge is 2.25. The van der Waals surface area contributed by atoms with E-state index in [0.29, 0.717) is 43.3 Å². The van der Waals surface area contributed by atoms with Gasteiger partial charge in [0, 0.05) is 30.2 Å². The first-order chi connectivity index (χ1) is 13.1. The molecule has 2 aliphatic rings. The molecule has 1 saturated heterocycles. The van der Waals surface area contributed by atoms with Crippen molar-refractivity contribution in [2.45, 2.75) is 12.6 Å². The number of hydrogen-bond acceptors (Lipinski definition) is 5. The average molecular weight is 366 g/mol. The van der Waals surface area contributed by atoms with Gasteiger partial charge in [-0.3, -0.25) is 4.90 Å². The summed E-state index contributed by atoms with van der Waals surface area (Å²) >= 11 is 0. The molecular weight excluding hydrogens is 347 g/mol. The second kappa shape index (κ2) is 7.14. The summed E-state index contributed by atoms with van der Waals surface area (Å²) < 4.78 is 13.3. The van der Waals surface area contributed by atoms with Crippen molar-refractivity contribution < 1.29 is 9.18 Å². The number of anilines is 2. The number of carbonyl (C=O) groups is 1. The lowest BCUT2D eigenvalue weighted by Gasteiger charge is -2.16. The van der Waals surface area contributed by atoms with E-state index in [1.807, 2.05) is 23.1 Å². The Hall–Kier alpha value is -3.29. The molecule has 138 valence electrons. The molecule has 27 heavy (non-hydrogen) atoms. The molecule has 0 spiro atoms. The van der Waals surface area contributed by atoms with Gasteiger partial charge >= 0.3 is 6.03 Å². The van der Waals surface area contributed by atoms with Gasteiger partial charge in [-0.05, 0) is 36.8 Å². The summed E-state index contributed by atoms with van der Waals surface area (Å²) in [7, 11) is 0. The minimum absolute atomic E-state index is 0.313. The van der Waals surface area contributed by atoms with Crippen molar-refractivity contribution in [3.8, 4) is 0 Å². The quantitative estimate of drug-likeness (QED) is 0.898. The zero-order valence-electron chi connectivity index (χ0n) is 14.6. The van der Waals surface area contributed by atoms with Crippen molar-refractivity contribution in [2.24, 2.45) is 10.7 Å². The van der Waals surface area contributed by atoms with E-state index in [9.17, 15) is 9.18 Å². The van der Waals surface area contributed by atoms with Gasteiger partial charge in [0.05, 0.1) is 18.8 Å². The maximum atomic E-state index is 13.3. The van der Waals surface area contributed by atoms with Crippen LogP contribution in [-0.4, -0.2) is 47.5 Å². The van der Waals surface area contributed by atoms with E-state index in [0.717, 1.165) is 11.4 Å². The monoisotopic (exact) mass is 366 g/mol. The number of urea groups is 1. The van der Waals surface area contributed by atoms with E-state index >= 15 is 0 Å². The van der Waals surface area contributed by atoms with Crippen LogP contribution in [0.1, 0.15) is 12.0 Å². The fourth-order valence-electron chi connectivity index (χ4n) is 3.15. The van der Waals surface area contributed by atoms with Gasteiger partial charge in [0.25, 0.3) is 0 Å². The first-order valence-electron chi connectivity index (χ1n) is 8.73. The standard InChI is InChI=1S/C19H19FN6O/c20-14-6-8-25(11-14)17-5-4-13(10-23-17)16(21)9-15-12-26(19(27)24-15)18-3-1-2-7-22-18/h1-5,7,9-10,14H,6,8,11-12,21H2/t14-/m0/s1. The summed E-state index contributed by atoms with van der Waals surface area (Å²) in [6.45, 7) is 1.36.